The fraction of sp³-hybridized carbons (Fsp3) is 0.636. The van der Waals surface area contributed by atoms with Crippen LogP contribution in [0.15, 0.2) is 12.4 Å². The van der Waals surface area contributed by atoms with Gasteiger partial charge in [-0.15, -0.1) is 0 Å². The summed E-state index contributed by atoms with van der Waals surface area (Å²) in [4.78, 5) is 8.22. The zero-order valence-corrected chi connectivity index (χ0v) is 9.27. The highest BCUT2D eigenvalue weighted by atomic mass is 15.1. The molecule has 3 atom stereocenters. The van der Waals surface area contributed by atoms with E-state index in [1.807, 2.05) is 0 Å². The molecule has 3 unspecified atom stereocenters. The first-order valence-corrected chi connectivity index (χ1v) is 5.51. The van der Waals surface area contributed by atoms with Crippen molar-refractivity contribution >= 4 is 11.6 Å². The second-order valence-corrected chi connectivity index (χ2v) is 4.49. The first-order valence-electron chi connectivity index (χ1n) is 5.51. The lowest BCUT2D eigenvalue weighted by Crippen LogP contribution is -2.24. The zero-order valence-electron chi connectivity index (χ0n) is 9.27. The summed E-state index contributed by atoms with van der Waals surface area (Å²) in [5.74, 6) is 2.74. The number of aromatic nitrogens is 2. The lowest BCUT2D eigenvalue weighted by Gasteiger charge is -2.19. The maximum atomic E-state index is 5.58. The van der Waals surface area contributed by atoms with Crippen LogP contribution in [0.4, 0.5) is 11.6 Å². The Labute approximate surface area is 90.3 Å². The van der Waals surface area contributed by atoms with Crippen molar-refractivity contribution in [2.75, 3.05) is 11.1 Å². The Balaban J connectivity index is 2.03. The highest BCUT2D eigenvalue weighted by Gasteiger charge is 2.29. The predicted molar refractivity (Wildman–Crippen MR) is 61.4 cm³/mol. The SMILES string of the molecule is CC1CCC(Nc2cncc(N)n2)C1C. The number of hydrogen-bond donors (Lipinski definition) is 2. The van der Waals surface area contributed by atoms with Crippen molar-refractivity contribution in [3.8, 4) is 0 Å². The van der Waals surface area contributed by atoms with Gasteiger partial charge in [0.05, 0.1) is 12.4 Å². The van der Waals surface area contributed by atoms with E-state index in [9.17, 15) is 0 Å². The summed E-state index contributed by atoms with van der Waals surface area (Å²) in [5, 5.41) is 3.41. The summed E-state index contributed by atoms with van der Waals surface area (Å²) in [7, 11) is 0. The van der Waals surface area contributed by atoms with Crippen molar-refractivity contribution < 1.29 is 0 Å². The molecule has 1 aromatic heterocycles. The van der Waals surface area contributed by atoms with Gasteiger partial charge in [-0.1, -0.05) is 13.8 Å². The lowest BCUT2D eigenvalue weighted by molar-refractivity contribution is 0.435. The third-order valence-corrected chi connectivity index (χ3v) is 3.45. The van der Waals surface area contributed by atoms with E-state index in [4.69, 9.17) is 5.73 Å². The topological polar surface area (TPSA) is 63.8 Å². The minimum Gasteiger partial charge on any atom is -0.382 e. The normalized spacial score (nSPS) is 30.4. The molecule has 0 radical (unpaired) electrons. The van der Waals surface area contributed by atoms with Crippen LogP contribution in [0.1, 0.15) is 26.7 Å². The lowest BCUT2D eigenvalue weighted by atomic mass is 9.98. The minimum atomic E-state index is 0.471. The molecule has 1 fully saturated rings. The summed E-state index contributed by atoms with van der Waals surface area (Å²) >= 11 is 0. The van der Waals surface area contributed by atoms with Crippen LogP contribution in [-0.4, -0.2) is 16.0 Å². The van der Waals surface area contributed by atoms with E-state index in [0.717, 1.165) is 11.7 Å². The fourth-order valence-corrected chi connectivity index (χ4v) is 2.21. The molecule has 4 heteroatoms. The Morgan fingerprint density at radius 1 is 1.33 bits per heavy atom. The van der Waals surface area contributed by atoms with Gasteiger partial charge in [-0.05, 0) is 24.7 Å². The van der Waals surface area contributed by atoms with E-state index in [0.29, 0.717) is 17.8 Å². The van der Waals surface area contributed by atoms with Crippen molar-refractivity contribution in [1.29, 1.82) is 0 Å². The molecule has 1 heterocycles. The zero-order chi connectivity index (χ0) is 10.8. The highest BCUT2D eigenvalue weighted by Crippen LogP contribution is 2.32. The van der Waals surface area contributed by atoms with E-state index in [2.05, 4.69) is 29.1 Å². The van der Waals surface area contributed by atoms with Crippen LogP contribution in [0, 0.1) is 11.8 Å². The van der Waals surface area contributed by atoms with Crippen LogP contribution >= 0.6 is 0 Å². The summed E-state index contributed by atoms with van der Waals surface area (Å²) in [6, 6.07) is 0.510. The summed E-state index contributed by atoms with van der Waals surface area (Å²) in [5.41, 5.74) is 5.58. The minimum absolute atomic E-state index is 0.471. The second-order valence-electron chi connectivity index (χ2n) is 4.49. The molecule has 0 aromatic carbocycles. The van der Waals surface area contributed by atoms with Gasteiger partial charge in [0.25, 0.3) is 0 Å². The molecule has 0 bridgehead atoms. The van der Waals surface area contributed by atoms with Gasteiger partial charge < -0.3 is 11.1 Å². The third-order valence-electron chi connectivity index (χ3n) is 3.45. The van der Waals surface area contributed by atoms with Gasteiger partial charge in [0.2, 0.25) is 0 Å². The number of nitrogens with one attached hydrogen (secondary N) is 1. The maximum absolute atomic E-state index is 5.58. The number of anilines is 2. The second kappa shape index (κ2) is 4.04. The van der Waals surface area contributed by atoms with E-state index >= 15 is 0 Å². The quantitative estimate of drug-likeness (QED) is 0.775. The first kappa shape index (κ1) is 10.2. The van der Waals surface area contributed by atoms with Gasteiger partial charge in [0, 0.05) is 6.04 Å². The Morgan fingerprint density at radius 3 is 2.73 bits per heavy atom. The molecular formula is C11H18N4. The number of hydrogen-bond acceptors (Lipinski definition) is 4. The van der Waals surface area contributed by atoms with Crippen molar-refractivity contribution in [3.05, 3.63) is 12.4 Å². The molecule has 0 amide bonds. The largest absolute Gasteiger partial charge is 0.382 e. The smallest absolute Gasteiger partial charge is 0.147 e. The van der Waals surface area contributed by atoms with Gasteiger partial charge in [0.15, 0.2) is 0 Å². The van der Waals surface area contributed by atoms with Crippen molar-refractivity contribution in [2.24, 2.45) is 11.8 Å². The highest BCUT2D eigenvalue weighted by molar-refractivity contribution is 5.39. The summed E-state index contributed by atoms with van der Waals surface area (Å²) < 4.78 is 0. The van der Waals surface area contributed by atoms with Gasteiger partial charge in [-0.25, -0.2) is 4.98 Å². The van der Waals surface area contributed by atoms with Gasteiger partial charge in [0.1, 0.15) is 11.6 Å². The predicted octanol–water partition coefficient (Wildman–Crippen LogP) is 1.91. The van der Waals surface area contributed by atoms with Crippen LogP contribution in [-0.2, 0) is 0 Å². The summed E-state index contributed by atoms with van der Waals surface area (Å²) in [6.45, 7) is 4.59. The molecule has 0 saturated heterocycles. The first-order chi connectivity index (χ1) is 7.16. The molecule has 15 heavy (non-hydrogen) atoms. The molecule has 3 N–H and O–H groups in total. The Bertz CT molecular complexity index is 339. The number of nitrogens with zero attached hydrogens (tertiary/aromatic N) is 2. The number of nitrogens with two attached hydrogens (primary N) is 1. The van der Waals surface area contributed by atoms with E-state index in [1.54, 1.807) is 12.4 Å². The van der Waals surface area contributed by atoms with Crippen LogP contribution < -0.4 is 11.1 Å². The standard InChI is InChI=1S/C11H18N4/c1-7-3-4-9(8(7)2)14-11-6-13-5-10(12)15-11/h5-9H,3-4H2,1-2H3,(H3,12,14,15). The van der Waals surface area contributed by atoms with Crippen LogP contribution in [0.3, 0.4) is 0 Å². The Hall–Kier alpha value is -1.32. The molecule has 1 aromatic rings. The van der Waals surface area contributed by atoms with E-state index < -0.39 is 0 Å². The average Bonchev–Trinajstić information content (AvgIpc) is 2.50. The van der Waals surface area contributed by atoms with Crippen molar-refractivity contribution in [2.45, 2.75) is 32.7 Å². The van der Waals surface area contributed by atoms with Crippen LogP contribution in [0.5, 0.6) is 0 Å². The van der Waals surface area contributed by atoms with Crippen molar-refractivity contribution in [1.82, 2.24) is 9.97 Å². The molecular weight excluding hydrogens is 188 g/mol. The molecule has 2 rings (SSSR count). The monoisotopic (exact) mass is 206 g/mol. The van der Waals surface area contributed by atoms with Gasteiger partial charge in [-0.3, -0.25) is 4.98 Å². The molecule has 0 spiro atoms. The van der Waals surface area contributed by atoms with E-state index in [-0.39, 0.29) is 0 Å². The molecule has 1 aliphatic carbocycles. The van der Waals surface area contributed by atoms with Crippen LogP contribution in [0.25, 0.3) is 0 Å². The number of nitrogen functional groups attached to an aromatic ring is 1. The molecule has 0 aliphatic heterocycles. The fourth-order valence-electron chi connectivity index (χ4n) is 2.21. The molecule has 1 aliphatic rings. The Kier molecular flexibility index (Phi) is 2.75. The van der Waals surface area contributed by atoms with Gasteiger partial charge >= 0.3 is 0 Å². The van der Waals surface area contributed by atoms with E-state index in [1.165, 1.54) is 12.8 Å². The maximum Gasteiger partial charge on any atom is 0.147 e. The Morgan fingerprint density at radius 2 is 2.13 bits per heavy atom. The average molecular weight is 206 g/mol. The third kappa shape index (κ3) is 2.19. The van der Waals surface area contributed by atoms with Crippen LogP contribution in [0.2, 0.25) is 0 Å². The summed E-state index contributed by atoms with van der Waals surface area (Å²) in [6.07, 6.45) is 5.78. The van der Waals surface area contributed by atoms with Crippen molar-refractivity contribution in [3.63, 3.8) is 0 Å². The molecule has 82 valence electrons. The molecule has 4 nitrogen and oxygen atoms in total. The number of rotatable bonds is 2. The van der Waals surface area contributed by atoms with Gasteiger partial charge in [-0.2, -0.15) is 0 Å². The molecule has 1 saturated carbocycles.